The van der Waals surface area contributed by atoms with Crippen molar-refractivity contribution >= 4 is 0 Å². The number of pyridine rings is 1. The standard InChI is InChI=1S/C14H20N4/c1-12-10-18(11-14-4-3-6-16-8-14)13(2)9-17(12)7-5-15/h3-4,6,8,12-13H,7,9-11H2,1-2H3/t12-,13+/m0/s1. The van der Waals surface area contributed by atoms with Crippen LogP contribution in [0.1, 0.15) is 19.4 Å². The number of nitriles is 1. The van der Waals surface area contributed by atoms with Crippen LogP contribution in [0.15, 0.2) is 24.5 Å². The van der Waals surface area contributed by atoms with E-state index >= 15 is 0 Å². The van der Waals surface area contributed by atoms with E-state index in [9.17, 15) is 0 Å². The van der Waals surface area contributed by atoms with E-state index in [1.165, 1.54) is 5.56 Å². The second-order valence-electron chi connectivity index (χ2n) is 5.08. The van der Waals surface area contributed by atoms with Crippen LogP contribution in [0.2, 0.25) is 0 Å². The highest BCUT2D eigenvalue weighted by Gasteiger charge is 2.28. The van der Waals surface area contributed by atoms with Gasteiger partial charge in [0, 0.05) is 44.1 Å². The minimum atomic E-state index is 0.442. The first-order valence-electron chi connectivity index (χ1n) is 6.44. The van der Waals surface area contributed by atoms with E-state index in [0.717, 1.165) is 19.6 Å². The zero-order valence-electron chi connectivity index (χ0n) is 11.1. The molecular formula is C14H20N4. The van der Waals surface area contributed by atoms with Crippen molar-refractivity contribution in [3.63, 3.8) is 0 Å². The van der Waals surface area contributed by atoms with Gasteiger partial charge in [-0.1, -0.05) is 6.07 Å². The van der Waals surface area contributed by atoms with Crippen molar-refractivity contribution in [3.8, 4) is 6.07 Å². The SMILES string of the molecule is C[C@@H]1CN(CC#N)[C@@H](C)CN1Cc1cccnc1. The summed E-state index contributed by atoms with van der Waals surface area (Å²) in [5.74, 6) is 0. The Labute approximate surface area is 109 Å². The van der Waals surface area contributed by atoms with Gasteiger partial charge in [0.15, 0.2) is 0 Å². The fourth-order valence-corrected chi connectivity index (χ4v) is 2.53. The normalized spacial score (nSPS) is 25.8. The summed E-state index contributed by atoms with van der Waals surface area (Å²) < 4.78 is 0. The van der Waals surface area contributed by atoms with E-state index in [1.807, 2.05) is 12.3 Å². The van der Waals surface area contributed by atoms with Gasteiger partial charge in [-0.2, -0.15) is 5.26 Å². The quantitative estimate of drug-likeness (QED) is 0.756. The van der Waals surface area contributed by atoms with Gasteiger partial charge in [0.1, 0.15) is 0 Å². The first-order valence-corrected chi connectivity index (χ1v) is 6.44. The predicted octanol–water partition coefficient (Wildman–Crippen LogP) is 1.50. The van der Waals surface area contributed by atoms with Crippen molar-refractivity contribution in [1.82, 2.24) is 14.8 Å². The Morgan fingerprint density at radius 1 is 1.33 bits per heavy atom. The molecule has 2 atom stereocenters. The van der Waals surface area contributed by atoms with Gasteiger partial charge < -0.3 is 0 Å². The zero-order valence-corrected chi connectivity index (χ0v) is 11.1. The van der Waals surface area contributed by atoms with Crippen LogP contribution in [-0.4, -0.2) is 46.5 Å². The molecule has 2 heterocycles. The molecule has 1 saturated heterocycles. The molecular weight excluding hydrogens is 224 g/mol. The number of piperazine rings is 1. The molecule has 1 aromatic rings. The summed E-state index contributed by atoms with van der Waals surface area (Å²) in [5, 5.41) is 8.81. The van der Waals surface area contributed by atoms with Crippen molar-refractivity contribution in [2.24, 2.45) is 0 Å². The molecule has 0 saturated carbocycles. The topological polar surface area (TPSA) is 43.2 Å². The monoisotopic (exact) mass is 244 g/mol. The Balaban J connectivity index is 1.97. The van der Waals surface area contributed by atoms with Crippen LogP contribution >= 0.6 is 0 Å². The molecule has 0 aromatic carbocycles. The van der Waals surface area contributed by atoms with Crippen LogP contribution in [0.4, 0.5) is 0 Å². The number of hydrogen-bond acceptors (Lipinski definition) is 4. The van der Waals surface area contributed by atoms with Crippen LogP contribution in [0.3, 0.4) is 0 Å². The summed E-state index contributed by atoms with van der Waals surface area (Å²) in [5.41, 5.74) is 1.25. The van der Waals surface area contributed by atoms with E-state index in [4.69, 9.17) is 5.26 Å². The highest BCUT2D eigenvalue weighted by Crippen LogP contribution is 2.17. The van der Waals surface area contributed by atoms with Gasteiger partial charge in [-0.25, -0.2) is 0 Å². The summed E-state index contributed by atoms with van der Waals surface area (Å²) in [4.78, 5) is 8.88. The zero-order chi connectivity index (χ0) is 13.0. The average molecular weight is 244 g/mol. The summed E-state index contributed by atoms with van der Waals surface area (Å²) >= 11 is 0. The molecule has 0 radical (unpaired) electrons. The average Bonchev–Trinajstić information content (AvgIpc) is 2.37. The van der Waals surface area contributed by atoms with E-state index in [1.54, 1.807) is 6.20 Å². The Morgan fingerprint density at radius 3 is 2.72 bits per heavy atom. The molecule has 2 rings (SSSR count). The third-order valence-corrected chi connectivity index (χ3v) is 3.63. The highest BCUT2D eigenvalue weighted by molar-refractivity contribution is 5.09. The van der Waals surface area contributed by atoms with Gasteiger partial charge in [0.05, 0.1) is 12.6 Å². The summed E-state index contributed by atoms with van der Waals surface area (Å²) in [7, 11) is 0. The van der Waals surface area contributed by atoms with Crippen LogP contribution < -0.4 is 0 Å². The molecule has 0 bridgehead atoms. The lowest BCUT2D eigenvalue weighted by atomic mass is 10.1. The maximum Gasteiger partial charge on any atom is 0.0869 e. The third kappa shape index (κ3) is 3.06. The van der Waals surface area contributed by atoms with Crippen molar-refractivity contribution in [2.75, 3.05) is 19.6 Å². The van der Waals surface area contributed by atoms with Crippen molar-refractivity contribution in [3.05, 3.63) is 30.1 Å². The van der Waals surface area contributed by atoms with Gasteiger partial charge in [-0.3, -0.25) is 14.8 Å². The van der Waals surface area contributed by atoms with Crippen LogP contribution in [0.25, 0.3) is 0 Å². The maximum atomic E-state index is 8.81. The number of hydrogen-bond donors (Lipinski definition) is 0. The largest absolute Gasteiger partial charge is 0.294 e. The molecule has 0 spiro atoms. The third-order valence-electron chi connectivity index (χ3n) is 3.63. The molecule has 4 nitrogen and oxygen atoms in total. The van der Waals surface area contributed by atoms with Gasteiger partial charge in [0.2, 0.25) is 0 Å². The molecule has 0 N–H and O–H groups in total. The predicted molar refractivity (Wildman–Crippen MR) is 70.8 cm³/mol. The fraction of sp³-hybridized carbons (Fsp3) is 0.571. The molecule has 0 unspecified atom stereocenters. The minimum absolute atomic E-state index is 0.442. The summed E-state index contributed by atoms with van der Waals surface area (Å²) in [6.07, 6.45) is 3.74. The van der Waals surface area contributed by atoms with Gasteiger partial charge in [0.25, 0.3) is 0 Å². The first kappa shape index (κ1) is 13.0. The number of nitrogens with zero attached hydrogens (tertiary/aromatic N) is 4. The molecule has 1 aliphatic heterocycles. The van der Waals surface area contributed by atoms with E-state index < -0.39 is 0 Å². The Morgan fingerprint density at radius 2 is 2.06 bits per heavy atom. The summed E-state index contributed by atoms with van der Waals surface area (Å²) in [6.45, 7) is 7.88. The van der Waals surface area contributed by atoms with Crippen molar-refractivity contribution < 1.29 is 0 Å². The second kappa shape index (κ2) is 5.94. The molecule has 96 valence electrons. The Bertz CT molecular complexity index is 412. The van der Waals surface area contributed by atoms with Crippen LogP contribution in [0.5, 0.6) is 0 Å². The van der Waals surface area contributed by atoms with Crippen molar-refractivity contribution in [2.45, 2.75) is 32.5 Å². The van der Waals surface area contributed by atoms with E-state index in [-0.39, 0.29) is 0 Å². The van der Waals surface area contributed by atoms with Crippen molar-refractivity contribution in [1.29, 1.82) is 5.26 Å². The van der Waals surface area contributed by atoms with Crippen LogP contribution in [0, 0.1) is 11.3 Å². The smallest absolute Gasteiger partial charge is 0.0869 e. The lowest BCUT2D eigenvalue weighted by Crippen LogP contribution is -2.55. The Hall–Kier alpha value is -1.44. The molecule has 1 aromatic heterocycles. The second-order valence-corrected chi connectivity index (χ2v) is 5.08. The highest BCUT2D eigenvalue weighted by atomic mass is 15.3. The van der Waals surface area contributed by atoms with Gasteiger partial charge >= 0.3 is 0 Å². The fourth-order valence-electron chi connectivity index (χ4n) is 2.53. The number of aromatic nitrogens is 1. The molecule has 0 amide bonds. The van der Waals surface area contributed by atoms with Gasteiger partial charge in [-0.05, 0) is 25.5 Å². The molecule has 1 fully saturated rings. The van der Waals surface area contributed by atoms with E-state index in [0.29, 0.717) is 18.6 Å². The maximum absolute atomic E-state index is 8.81. The lowest BCUT2D eigenvalue weighted by molar-refractivity contribution is 0.0461. The van der Waals surface area contributed by atoms with Crippen LogP contribution in [-0.2, 0) is 6.54 Å². The molecule has 4 heteroatoms. The lowest BCUT2D eigenvalue weighted by Gasteiger charge is -2.43. The number of rotatable bonds is 3. The Kier molecular flexibility index (Phi) is 4.29. The van der Waals surface area contributed by atoms with Gasteiger partial charge in [-0.15, -0.1) is 0 Å². The molecule has 1 aliphatic rings. The molecule has 18 heavy (non-hydrogen) atoms. The summed E-state index contributed by atoms with van der Waals surface area (Å²) in [6, 6.07) is 7.27. The first-order chi connectivity index (χ1) is 8.70. The van der Waals surface area contributed by atoms with E-state index in [2.05, 4.69) is 40.8 Å². The minimum Gasteiger partial charge on any atom is -0.294 e. The molecule has 0 aliphatic carbocycles.